The fraction of sp³-hybridized carbons (Fsp3) is 0.409. The van der Waals surface area contributed by atoms with Crippen LogP contribution in [-0.4, -0.2) is 39.9 Å². The lowest BCUT2D eigenvalue weighted by atomic mass is 10.0. The second-order valence-corrected chi connectivity index (χ2v) is 6.57. The quantitative estimate of drug-likeness (QED) is 0.445. The Hall–Kier alpha value is -3.03. The van der Waals surface area contributed by atoms with Crippen LogP contribution in [0, 0.1) is 0 Å². The van der Waals surface area contributed by atoms with Crippen LogP contribution in [0.2, 0.25) is 0 Å². The van der Waals surface area contributed by atoms with Crippen LogP contribution in [0.15, 0.2) is 47.5 Å². The van der Waals surface area contributed by atoms with Gasteiger partial charge in [-0.3, -0.25) is 0 Å². The number of rotatable bonds is 10. The first kappa shape index (κ1) is 23.3. The number of para-hydroxylation sites is 1. The molecule has 30 heavy (non-hydrogen) atoms. The van der Waals surface area contributed by atoms with Gasteiger partial charge >= 0.3 is 6.61 Å². The predicted octanol–water partition coefficient (Wildman–Crippen LogP) is 4.16. The first-order valence-corrected chi connectivity index (χ1v) is 9.75. The molecule has 0 saturated heterocycles. The minimum atomic E-state index is -2.91. The average molecular weight is 421 g/mol. The van der Waals surface area contributed by atoms with Gasteiger partial charge in [-0.15, -0.1) is 0 Å². The maximum atomic E-state index is 12.7. The van der Waals surface area contributed by atoms with E-state index in [1.807, 2.05) is 31.2 Å². The van der Waals surface area contributed by atoms with Crippen molar-refractivity contribution in [3.05, 3.63) is 53.6 Å². The molecule has 2 N–H and O–H groups in total. The molecule has 2 rings (SSSR count). The molecule has 0 heterocycles. The Kier molecular flexibility index (Phi) is 9.18. The highest BCUT2D eigenvalue weighted by Crippen LogP contribution is 2.27. The number of halogens is 2. The second kappa shape index (κ2) is 11.8. The zero-order valence-electron chi connectivity index (χ0n) is 17.7. The van der Waals surface area contributed by atoms with Crippen molar-refractivity contribution < 1.29 is 23.0 Å². The van der Waals surface area contributed by atoms with Crippen LogP contribution in [0.4, 0.5) is 8.78 Å². The molecule has 1 atom stereocenters. The number of guanidine groups is 1. The molecule has 0 aliphatic carbocycles. The molecular formula is C22H29F2N3O3. The minimum Gasteiger partial charge on any atom is -0.497 e. The first-order valence-electron chi connectivity index (χ1n) is 9.75. The van der Waals surface area contributed by atoms with E-state index in [0.29, 0.717) is 30.4 Å². The Morgan fingerprint density at radius 2 is 1.80 bits per heavy atom. The number of methoxy groups -OCH3 is 2. The lowest BCUT2D eigenvalue weighted by Gasteiger charge is -2.18. The first-order chi connectivity index (χ1) is 14.5. The molecule has 0 bridgehead atoms. The van der Waals surface area contributed by atoms with Crippen LogP contribution in [-0.2, 0) is 6.54 Å². The standard InChI is InChI=1S/C22H29F2N3O3/c1-5-25-22(26-13-15(2)18-8-6-7-9-20(18)29-4)27-14-16-12-17(28-3)10-11-19(16)30-21(23)24/h6-12,15,21H,5,13-14H2,1-4H3,(H2,25,26,27). The maximum Gasteiger partial charge on any atom is 0.387 e. The number of nitrogens with zero attached hydrogens (tertiary/aromatic N) is 1. The monoisotopic (exact) mass is 421 g/mol. The van der Waals surface area contributed by atoms with E-state index in [1.165, 1.54) is 13.2 Å². The third-order valence-corrected chi connectivity index (χ3v) is 4.48. The summed E-state index contributed by atoms with van der Waals surface area (Å²) in [6.45, 7) is 2.56. The molecule has 2 aromatic carbocycles. The number of aliphatic imine (C=N–C) groups is 1. The summed E-state index contributed by atoms with van der Waals surface area (Å²) in [4.78, 5) is 4.52. The van der Waals surface area contributed by atoms with E-state index < -0.39 is 6.61 Å². The largest absolute Gasteiger partial charge is 0.497 e. The summed E-state index contributed by atoms with van der Waals surface area (Å²) in [7, 11) is 3.17. The van der Waals surface area contributed by atoms with Gasteiger partial charge in [0.1, 0.15) is 17.2 Å². The highest BCUT2D eigenvalue weighted by atomic mass is 19.3. The van der Waals surface area contributed by atoms with Crippen molar-refractivity contribution in [2.75, 3.05) is 27.3 Å². The molecule has 0 spiro atoms. The van der Waals surface area contributed by atoms with Crippen LogP contribution in [0.1, 0.15) is 30.9 Å². The van der Waals surface area contributed by atoms with E-state index >= 15 is 0 Å². The summed E-state index contributed by atoms with van der Waals surface area (Å²) in [5.74, 6) is 2.20. The number of benzene rings is 2. The van der Waals surface area contributed by atoms with Crippen LogP contribution in [0.5, 0.6) is 17.2 Å². The van der Waals surface area contributed by atoms with Gasteiger partial charge in [-0.2, -0.15) is 8.78 Å². The topological polar surface area (TPSA) is 64.1 Å². The molecule has 6 nitrogen and oxygen atoms in total. The average Bonchev–Trinajstić information content (AvgIpc) is 2.75. The van der Waals surface area contributed by atoms with E-state index in [4.69, 9.17) is 9.47 Å². The van der Waals surface area contributed by atoms with Gasteiger partial charge in [0.05, 0.1) is 20.8 Å². The van der Waals surface area contributed by atoms with Crippen molar-refractivity contribution in [3.63, 3.8) is 0 Å². The summed E-state index contributed by atoms with van der Waals surface area (Å²) < 4.78 is 40.6. The number of alkyl halides is 2. The zero-order chi connectivity index (χ0) is 21.9. The van der Waals surface area contributed by atoms with Crippen molar-refractivity contribution in [1.29, 1.82) is 0 Å². The van der Waals surface area contributed by atoms with Crippen molar-refractivity contribution in [1.82, 2.24) is 10.6 Å². The van der Waals surface area contributed by atoms with E-state index in [9.17, 15) is 8.78 Å². The summed E-state index contributed by atoms with van der Waals surface area (Å²) in [5, 5.41) is 6.46. The number of ether oxygens (including phenoxy) is 3. The normalized spacial score (nSPS) is 12.4. The lowest BCUT2D eigenvalue weighted by Crippen LogP contribution is -2.39. The number of hydrogen-bond acceptors (Lipinski definition) is 4. The molecule has 0 aliphatic heterocycles. The summed E-state index contributed by atoms with van der Waals surface area (Å²) >= 11 is 0. The molecule has 0 amide bonds. The SMILES string of the molecule is CCNC(=NCc1cc(OC)ccc1OC(F)F)NCC(C)c1ccccc1OC. The molecular weight excluding hydrogens is 392 g/mol. The predicted molar refractivity (Wildman–Crippen MR) is 114 cm³/mol. The number of nitrogens with one attached hydrogen (secondary N) is 2. The summed E-state index contributed by atoms with van der Waals surface area (Å²) in [5.41, 5.74) is 1.59. The fourth-order valence-corrected chi connectivity index (χ4v) is 2.96. The Bertz CT molecular complexity index is 831. The van der Waals surface area contributed by atoms with Crippen molar-refractivity contribution in [2.24, 2.45) is 4.99 Å². The zero-order valence-corrected chi connectivity index (χ0v) is 17.7. The summed E-state index contributed by atoms with van der Waals surface area (Å²) in [6.07, 6.45) is 0. The molecule has 0 aromatic heterocycles. The molecule has 2 aromatic rings. The maximum absolute atomic E-state index is 12.7. The van der Waals surface area contributed by atoms with Gasteiger partial charge in [0.25, 0.3) is 0 Å². The smallest absolute Gasteiger partial charge is 0.387 e. The Balaban J connectivity index is 2.12. The summed E-state index contributed by atoms with van der Waals surface area (Å²) in [6, 6.07) is 12.5. The van der Waals surface area contributed by atoms with Crippen molar-refractivity contribution >= 4 is 5.96 Å². The van der Waals surface area contributed by atoms with Crippen LogP contribution in [0.3, 0.4) is 0 Å². The highest BCUT2D eigenvalue weighted by molar-refractivity contribution is 5.79. The molecule has 1 unspecified atom stereocenters. The third-order valence-electron chi connectivity index (χ3n) is 4.48. The Labute approximate surface area is 176 Å². The van der Waals surface area contributed by atoms with Gasteiger partial charge in [-0.25, -0.2) is 4.99 Å². The minimum absolute atomic E-state index is 0.0767. The molecule has 0 aliphatic rings. The van der Waals surface area contributed by atoms with E-state index in [-0.39, 0.29) is 18.2 Å². The van der Waals surface area contributed by atoms with Crippen molar-refractivity contribution in [2.45, 2.75) is 32.9 Å². The van der Waals surface area contributed by atoms with Gasteiger partial charge in [-0.05, 0) is 36.8 Å². The molecule has 0 radical (unpaired) electrons. The highest BCUT2D eigenvalue weighted by Gasteiger charge is 2.13. The van der Waals surface area contributed by atoms with E-state index in [0.717, 1.165) is 11.3 Å². The fourth-order valence-electron chi connectivity index (χ4n) is 2.96. The van der Waals surface area contributed by atoms with Gasteiger partial charge < -0.3 is 24.8 Å². The Morgan fingerprint density at radius 1 is 1.03 bits per heavy atom. The van der Waals surface area contributed by atoms with E-state index in [2.05, 4.69) is 27.3 Å². The Morgan fingerprint density at radius 3 is 2.47 bits per heavy atom. The van der Waals surface area contributed by atoms with Gasteiger partial charge in [0.2, 0.25) is 0 Å². The van der Waals surface area contributed by atoms with Gasteiger partial charge in [-0.1, -0.05) is 25.1 Å². The molecule has 0 saturated carbocycles. The lowest BCUT2D eigenvalue weighted by molar-refractivity contribution is -0.0504. The third kappa shape index (κ3) is 6.79. The molecule has 164 valence electrons. The second-order valence-electron chi connectivity index (χ2n) is 6.57. The van der Waals surface area contributed by atoms with E-state index in [1.54, 1.807) is 19.2 Å². The van der Waals surface area contributed by atoms with Crippen molar-refractivity contribution in [3.8, 4) is 17.2 Å². The van der Waals surface area contributed by atoms with Gasteiger partial charge in [0, 0.05) is 24.6 Å². The molecule has 0 fully saturated rings. The number of hydrogen-bond donors (Lipinski definition) is 2. The van der Waals surface area contributed by atoms with Crippen LogP contribution >= 0.6 is 0 Å². The van der Waals surface area contributed by atoms with Gasteiger partial charge in [0.15, 0.2) is 5.96 Å². The van der Waals surface area contributed by atoms with Crippen LogP contribution in [0.25, 0.3) is 0 Å². The van der Waals surface area contributed by atoms with Crippen LogP contribution < -0.4 is 24.8 Å². The molecule has 8 heteroatoms.